The molecule has 1 heterocycles. The summed E-state index contributed by atoms with van der Waals surface area (Å²) in [6.07, 6.45) is -0.640. The molecule has 0 saturated carbocycles. The molecule has 0 saturated heterocycles. The van der Waals surface area contributed by atoms with Crippen molar-refractivity contribution in [3.63, 3.8) is 0 Å². The predicted molar refractivity (Wildman–Crippen MR) is 147 cm³/mol. The maximum Gasteiger partial charge on any atom is 0.263 e. The van der Waals surface area contributed by atoms with Crippen LogP contribution >= 0.6 is 0 Å². The van der Waals surface area contributed by atoms with E-state index in [4.69, 9.17) is 4.74 Å². The van der Waals surface area contributed by atoms with Gasteiger partial charge in [-0.15, -0.1) is 0 Å². The Kier molecular flexibility index (Phi) is 7.59. The van der Waals surface area contributed by atoms with Gasteiger partial charge in [0.15, 0.2) is 0 Å². The number of hydrogen-bond donors (Lipinski definition) is 1. The van der Waals surface area contributed by atoms with Crippen molar-refractivity contribution >= 4 is 22.5 Å². The first-order valence-corrected chi connectivity index (χ1v) is 12.4. The van der Waals surface area contributed by atoms with E-state index in [1.807, 2.05) is 54.6 Å². The number of ether oxygens (including phenoxy) is 1. The molecule has 1 aromatic heterocycles. The molecule has 0 unspecified atom stereocenters. The molecule has 0 aliphatic carbocycles. The van der Waals surface area contributed by atoms with E-state index in [-0.39, 0.29) is 17.3 Å². The second-order valence-electron chi connectivity index (χ2n) is 9.13. The van der Waals surface area contributed by atoms with Crippen LogP contribution in [-0.2, 0) is 11.2 Å². The summed E-state index contributed by atoms with van der Waals surface area (Å²) in [5.41, 5.74) is 4.04. The van der Waals surface area contributed by atoms with Gasteiger partial charge in [0.05, 0.1) is 18.5 Å². The molecule has 1 amide bonds. The molecule has 1 atom stereocenters. The van der Waals surface area contributed by atoms with Gasteiger partial charge in [0.1, 0.15) is 11.6 Å². The molecule has 0 bridgehead atoms. The van der Waals surface area contributed by atoms with Gasteiger partial charge < -0.3 is 10.1 Å². The molecule has 39 heavy (non-hydrogen) atoms. The highest BCUT2D eigenvalue weighted by atomic mass is 19.3. The number of nitrogens with one attached hydrogen (secondary N) is 1. The first kappa shape index (κ1) is 26.0. The molecule has 0 spiro atoms. The Morgan fingerprint density at radius 2 is 1.69 bits per heavy atom. The van der Waals surface area contributed by atoms with Crippen molar-refractivity contribution in [2.75, 3.05) is 12.4 Å². The number of nitrogens with zero attached hydrogens (tertiary/aromatic N) is 1. The lowest BCUT2D eigenvalue weighted by atomic mass is 9.89. The lowest BCUT2D eigenvalue weighted by Crippen LogP contribution is -2.23. The topological polar surface area (TPSA) is 51.2 Å². The van der Waals surface area contributed by atoms with Crippen LogP contribution in [0.25, 0.3) is 22.0 Å². The molecule has 7 heteroatoms. The van der Waals surface area contributed by atoms with Gasteiger partial charge in [0.2, 0.25) is 5.91 Å². The third kappa shape index (κ3) is 5.77. The molecule has 1 N–H and O–H groups in total. The Morgan fingerprint density at radius 3 is 2.46 bits per heavy atom. The third-order valence-corrected chi connectivity index (χ3v) is 6.67. The van der Waals surface area contributed by atoms with Gasteiger partial charge in [-0.3, -0.25) is 9.78 Å². The maximum absolute atomic E-state index is 14.0. The second kappa shape index (κ2) is 11.4. The fraction of sp³-hybridized carbons (Fsp3) is 0.125. The molecular weight excluding hydrogens is 501 g/mol. The molecule has 5 aromatic rings. The van der Waals surface area contributed by atoms with Crippen LogP contribution in [0.3, 0.4) is 0 Å². The normalized spacial score (nSPS) is 11.9. The van der Waals surface area contributed by atoms with Crippen molar-refractivity contribution in [1.29, 1.82) is 0 Å². The molecule has 0 aliphatic heterocycles. The van der Waals surface area contributed by atoms with Crippen molar-refractivity contribution < 1.29 is 22.7 Å². The minimum absolute atomic E-state index is 0.167. The van der Waals surface area contributed by atoms with Crippen LogP contribution in [0.15, 0.2) is 103 Å². The Bertz CT molecular complexity index is 1620. The Morgan fingerprint density at radius 1 is 0.897 bits per heavy atom. The lowest BCUT2D eigenvalue weighted by Gasteiger charge is -2.20. The number of amides is 1. The van der Waals surface area contributed by atoms with E-state index < -0.39 is 12.3 Å². The number of para-hydroxylation sites is 1. The average Bonchev–Trinajstić information content (AvgIpc) is 2.96. The first-order valence-electron chi connectivity index (χ1n) is 12.4. The number of methoxy groups -OCH3 is 1. The fourth-order valence-electron chi connectivity index (χ4n) is 4.70. The van der Waals surface area contributed by atoms with E-state index in [0.29, 0.717) is 28.8 Å². The zero-order chi connectivity index (χ0) is 27.4. The second-order valence-corrected chi connectivity index (χ2v) is 9.13. The minimum Gasteiger partial charge on any atom is -0.496 e. The quantitative estimate of drug-likeness (QED) is 0.223. The van der Waals surface area contributed by atoms with Crippen LogP contribution in [0.5, 0.6) is 5.75 Å². The molecule has 196 valence electrons. The summed E-state index contributed by atoms with van der Waals surface area (Å²) in [6, 6.07) is 26.9. The van der Waals surface area contributed by atoms with E-state index in [1.54, 1.807) is 25.4 Å². The van der Waals surface area contributed by atoms with E-state index in [9.17, 15) is 18.0 Å². The molecule has 4 nitrogen and oxygen atoms in total. The third-order valence-electron chi connectivity index (χ3n) is 6.67. The number of anilines is 1. The Balaban J connectivity index is 1.50. The largest absolute Gasteiger partial charge is 0.496 e. The number of pyridine rings is 1. The SMILES string of the molecule is COc1ccccc1C[C@@H](C(=O)Nc1cccc(C(F)F)c1)c1ccc(-c2ccnc3ccc(F)cc23)cc1. The highest BCUT2D eigenvalue weighted by Gasteiger charge is 2.23. The summed E-state index contributed by atoms with van der Waals surface area (Å²) < 4.78 is 45.9. The van der Waals surface area contributed by atoms with Crippen LogP contribution in [0.1, 0.15) is 29.0 Å². The maximum atomic E-state index is 14.0. The number of hydrogen-bond acceptors (Lipinski definition) is 3. The van der Waals surface area contributed by atoms with Gasteiger partial charge >= 0.3 is 0 Å². The van der Waals surface area contributed by atoms with E-state index in [1.165, 1.54) is 30.3 Å². The van der Waals surface area contributed by atoms with Gasteiger partial charge in [-0.2, -0.15) is 0 Å². The number of aromatic nitrogens is 1. The van der Waals surface area contributed by atoms with Crippen molar-refractivity contribution in [2.45, 2.75) is 18.8 Å². The number of benzene rings is 4. The minimum atomic E-state index is -2.64. The number of carbonyl (C=O) groups is 1. The highest BCUT2D eigenvalue weighted by molar-refractivity contribution is 5.97. The van der Waals surface area contributed by atoms with Gasteiger partial charge in [0, 0.05) is 22.8 Å². The monoisotopic (exact) mass is 526 g/mol. The standard InChI is InChI=1S/C32H25F3N2O2/c1-39-30-8-3-2-5-22(30)18-27(32(38)37-25-7-4-6-23(17-25)31(34)35)21-11-9-20(10-12-21)26-15-16-36-29-14-13-24(33)19-28(26)29/h2-17,19,27,31H,18H2,1H3,(H,37,38)/t27-/m1/s1. The van der Waals surface area contributed by atoms with Gasteiger partial charge in [-0.05, 0) is 71.1 Å². The number of alkyl halides is 2. The van der Waals surface area contributed by atoms with E-state index >= 15 is 0 Å². The van der Waals surface area contributed by atoms with Gasteiger partial charge in [-0.25, -0.2) is 13.2 Å². The summed E-state index contributed by atoms with van der Waals surface area (Å²) in [5, 5.41) is 3.49. The van der Waals surface area contributed by atoms with Crippen molar-refractivity contribution in [1.82, 2.24) is 4.98 Å². The number of carbonyl (C=O) groups excluding carboxylic acids is 1. The van der Waals surface area contributed by atoms with Crippen LogP contribution in [0, 0.1) is 5.82 Å². The highest BCUT2D eigenvalue weighted by Crippen LogP contribution is 2.32. The van der Waals surface area contributed by atoms with Crippen LogP contribution in [0.4, 0.5) is 18.9 Å². The molecule has 4 aromatic carbocycles. The molecule has 0 aliphatic rings. The summed E-state index contributed by atoms with van der Waals surface area (Å²) in [7, 11) is 1.57. The number of fused-ring (bicyclic) bond motifs is 1. The predicted octanol–water partition coefficient (Wildman–Crippen LogP) is 7.95. The summed E-state index contributed by atoms with van der Waals surface area (Å²) in [5.74, 6) is -0.677. The zero-order valence-electron chi connectivity index (χ0n) is 21.1. The summed E-state index contributed by atoms with van der Waals surface area (Å²) in [6.45, 7) is 0. The van der Waals surface area contributed by atoms with Gasteiger partial charge in [-0.1, -0.05) is 54.6 Å². The smallest absolute Gasteiger partial charge is 0.263 e. The fourth-order valence-corrected chi connectivity index (χ4v) is 4.70. The summed E-state index contributed by atoms with van der Waals surface area (Å²) in [4.78, 5) is 17.9. The average molecular weight is 527 g/mol. The molecule has 5 rings (SSSR count). The molecule has 0 fully saturated rings. The van der Waals surface area contributed by atoms with Gasteiger partial charge in [0.25, 0.3) is 6.43 Å². The Hall–Kier alpha value is -4.65. The molecule has 0 radical (unpaired) electrons. The van der Waals surface area contributed by atoms with Crippen LogP contribution in [-0.4, -0.2) is 18.0 Å². The zero-order valence-corrected chi connectivity index (χ0v) is 21.1. The van der Waals surface area contributed by atoms with Crippen molar-refractivity contribution in [3.8, 4) is 16.9 Å². The number of rotatable bonds is 8. The van der Waals surface area contributed by atoms with Crippen LogP contribution < -0.4 is 10.1 Å². The van der Waals surface area contributed by atoms with Crippen LogP contribution in [0.2, 0.25) is 0 Å². The molecular formula is C32H25F3N2O2. The summed E-state index contributed by atoms with van der Waals surface area (Å²) >= 11 is 0. The van der Waals surface area contributed by atoms with Crippen molar-refractivity contribution in [3.05, 3.63) is 126 Å². The first-order chi connectivity index (χ1) is 18.9. The Labute approximate surface area is 224 Å². The number of halogens is 3. The lowest BCUT2D eigenvalue weighted by molar-refractivity contribution is -0.117. The van der Waals surface area contributed by atoms with Crippen molar-refractivity contribution in [2.24, 2.45) is 0 Å². The van der Waals surface area contributed by atoms with E-state index in [0.717, 1.165) is 22.3 Å². The van der Waals surface area contributed by atoms with E-state index in [2.05, 4.69) is 10.3 Å².